The molecule has 0 heterocycles. The minimum absolute atomic E-state index is 0.00129. The van der Waals surface area contributed by atoms with Gasteiger partial charge in [0.05, 0.1) is 5.38 Å². The average Bonchev–Trinajstić information content (AvgIpc) is 2.28. The van der Waals surface area contributed by atoms with Crippen LogP contribution >= 0.6 is 34.8 Å². The topological polar surface area (TPSA) is 0 Å². The molecule has 1 atom stereocenters. The maximum atomic E-state index is 6.35. The smallest absolute Gasteiger partial charge is 0.0599 e. The van der Waals surface area contributed by atoms with E-state index in [2.05, 4.69) is 6.92 Å². The quantitative estimate of drug-likeness (QED) is 0.391. The Morgan fingerprint density at radius 3 is 2.41 bits per heavy atom. The summed E-state index contributed by atoms with van der Waals surface area (Å²) in [5.41, 5.74) is 0.994. The predicted molar refractivity (Wildman–Crippen MR) is 78.4 cm³/mol. The number of hydrogen-bond acceptors (Lipinski definition) is 0. The molecule has 0 nitrogen and oxygen atoms in total. The first-order chi connectivity index (χ1) is 8.15. The van der Waals surface area contributed by atoms with E-state index in [1.54, 1.807) is 6.07 Å². The Morgan fingerprint density at radius 2 is 1.76 bits per heavy atom. The maximum Gasteiger partial charge on any atom is 0.0599 e. The predicted octanol–water partition coefficient (Wildman–Crippen LogP) is 6.63. The normalized spacial score (nSPS) is 12.7. The molecule has 1 aromatic carbocycles. The molecular weight excluding hydrogens is 275 g/mol. The Morgan fingerprint density at radius 1 is 1.06 bits per heavy atom. The van der Waals surface area contributed by atoms with Crippen LogP contribution in [0.5, 0.6) is 0 Å². The summed E-state index contributed by atoms with van der Waals surface area (Å²) < 4.78 is 0. The molecule has 0 bridgehead atoms. The molecule has 1 aromatic rings. The van der Waals surface area contributed by atoms with Crippen LogP contribution in [0.15, 0.2) is 18.2 Å². The molecule has 1 rings (SSSR count). The monoisotopic (exact) mass is 292 g/mol. The fourth-order valence-corrected chi connectivity index (χ4v) is 2.78. The number of unbranched alkanes of at least 4 members (excludes halogenated alkanes) is 4. The highest BCUT2D eigenvalue weighted by Crippen LogP contribution is 2.33. The third-order valence-electron chi connectivity index (χ3n) is 2.86. The molecular formula is C14H19Cl3. The summed E-state index contributed by atoms with van der Waals surface area (Å²) in [5.74, 6) is 0. The summed E-state index contributed by atoms with van der Waals surface area (Å²) >= 11 is 18.3. The van der Waals surface area contributed by atoms with Gasteiger partial charge >= 0.3 is 0 Å². The second kappa shape index (κ2) is 8.24. The highest BCUT2D eigenvalue weighted by molar-refractivity contribution is 6.35. The summed E-state index contributed by atoms with van der Waals surface area (Å²) in [6.07, 6.45) is 7.28. The van der Waals surface area contributed by atoms with Gasteiger partial charge in [0.1, 0.15) is 0 Å². The average molecular weight is 294 g/mol. The van der Waals surface area contributed by atoms with Crippen molar-refractivity contribution < 1.29 is 0 Å². The number of rotatable bonds is 7. The zero-order valence-electron chi connectivity index (χ0n) is 10.2. The van der Waals surface area contributed by atoms with E-state index in [4.69, 9.17) is 34.8 Å². The highest BCUT2D eigenvalue weighted by Gasteiger charge is 2.11. The molecule has 0 aliphatic rings. The van der Waals surface area contributed by atoms with Crippen molar-refractivity contribution in [2.75, 3.05) is 0 Å². The van der Waals surface area contributed by atoms with E-state index in [-0.39, 0.29) is 5.38 Å². The number of benzene rings is 1. The molecule has 0 fully saturated rings. The number of alkyl halides is 1. The van der Waals surface area contributed by atoms with E-state index in [9.17, 15) is 0 Å². The van der Waals surface area contributed by atoms with Gasteiger partial charge in [-0.1, -0.05) is 68.3 Å². The first kappa shape index (κ1) is 15.1. The summed E-state index contributed by atoms with van der Waals surface area (Å²) in [6, 6.07) is 5.52. The maximum absolute atomic E-state index is 6.35. The Labute approximate surface area is 119 Å². The molecule has 0 aliphatic carbocycles. The van der Waals surface area contributed by atoms with E-state index in [1.165, 1.54) is 25.7 Å². The molecule has 0 saturated carbocycles. The van der Waals surface area contributed by atoms with Gasteiger partial charge in [0.25, 0.3) is 0 Å². The molecule has 0 aromatic heterocycles. The Kier molecular flexibility index (Phi) is 7.34. The molecule has 96 valence electrons. The lowest BCUT2D eigenvalue weighted by atomic mass is 10.0. The SMILES string of the molecule is CCCCCCCC(Cl)c1ccc(Cl)cc1Cl. The minimum Gasteiger partial charge on any atom is -0.118 e. The summed E-state index contributed by atoms with van der Waals surface area (Å²) in [4.78, 5) is 0. The molecule has 0 amide bonds. The van der Waals surface area contributed by atoms with Crippen LogP contribution in [0.25, 0.3) is 0 Å². The van der Waals surface area contributed by atoms with Gasteiger partial charge in [-0.3, -0.25) is 0 Å². The van der Waals surface area contributed by atoms with Crippen LogP contribution in [0.4, 0.5) is 0 Å². The molecule has 17 heavy (non-hydrogen) atoms. The molecule has 0 saturated heterocycles. The summed E-state index contributed by atoms with van der Waals surface area (Å²) in [7, 11) is 0. The molecule has 0 N–H and O–H groups in total. The van der Waals surface area contributed by atoms with Gasteiger partial charge in [0, 0.05) is 10.0 Å². The highest BCUT2D eigenvalue weighted by atomic mass is 35.5. The van der Waals surface area contributed by atoms with E-state index in [1.807, 2.05) is 12.1 Å². The lowest BCUT2D eigenvalue weighted by Gasteiger charge is -2.11. The fraction of sp³-hybridized carbons (Fsp3) is 0.571. The molecule has 0 aliphatic heterocycles. The van der Waals surface area contributed by atoms with Crippen LogP contribution in [0.3, 0.4) is 0 Å². The van der Waals surface area contributed by atoms with Crippen molar-refractivity contribution in [3.63, 3.8) is 0 Å². The summed E-state index contributed by atoms with van der Waals surface area (Å²) in [6.45, 7) is 2.22. The summed E-state index contributed by atoms with van der Waals surface area (Å²) in [5, 5.41) is 1.33. The van der Waals surface area contributed by atoms with Gasteiger partial charge in [-0.15, -0.1) is 11.6 Å². The van der Waals surface area contributed by atoms with E-state index in [0.717, 1.165) is 18.4 Å². The van der Waals surface area contributed by atoms with Crippen molar-refractivity contribution in [1.82, 2.24) is 0 Å². The molecule has 3 heteroatoms. The lowest BCUT2D eigenvalue weighted by Crippen LogP contribution is -1.92. The van der Waals surface area contributed by atoms with Crippen LogP contribution in [-0.4, -0.2) is 0 Å². The van der Waals surface area contributed by atoms with Gasteiger partial charge in [0.15, 0.2) is 0 Å². The van der Waals surface area contributed by atoms with Crippen molar-refractivity contribution >= 4 is 34.8 Å². The molecule has 0 spiro atoms. The van der Waals surface area contributed by atoms with Crippen molar-refractivity contribution in [1.29, 1.82) is 0 Å². The van der Waals surface area contributed by atoms with Crippen molar-refractivity contribution in [3.05, 3.63) is 33.8 Å². The fourth-order valence-electron chi connectivity index (χ4n) is 1.84. The second-order valence-electron chi connectivity index (χ2n) is 4.34. The molecule has 1 unspecified atom stereocenters. The van der Waals surface area contributed by atoms with Crippen molar-refractivity contribution in [2.45, 2.75) is 50.8 Å². The van der Waals surface area contributed by atoms with Gasteiger partial charge in [0.2, 0.25) is 0 Å². The number of halogens is 3. The first-order valence-corrected chi connectivity index (χ1v) is 7.43. The van der Waals surface area contributed by atoms with E-state index >= 15 is 0 Å². The van der Waals surface area contributed by atoms with Gasteiger partial charge in [-0.25, -0.2) is 0 Å². The standard InChI is InChI=1S/C14H19Cl3/c1-2-3-4-5-6-7-13(16)12-9-8-11(15)10-14(12)17/h8-10,13H,2-7H2,1H3. The third-order valence-corrected chi connectivity index (χ3v) is 3.88. The Balaban J connectivity index is 2.38. The zero-order chi connectivity index (χ0) is 12.7. The Bertz CT molecular complexity index is 336. The van der Waals surface area contributed by atoms with Crippen molar-refractivity contribution in [3.8, 4) is 0 Å². The van der Waals surface area contributed by atoms with Crippen LogP contribution in [0, 0.1) is 0 Å². The lowest BCUT2D eigenvalue weighted by molar-refractivity contribution is 0.601. The van der Waals surface area contributed by atoms with Gasteiger partial charge in [-0.05, 0) is 24.1 Å². The van der Waals surface area contributed by atoms with E-state index in [0.29, 0.717) is 10.0 Å². The van der Waals surface area contributed by atoms with Crippen LogP contribution in [0.2, 0.25) is 10.0 Å². The van der Waals surface area contributed by atoms with Crippen LogP contribution < -0.4 is 0 Å². The van der Waals surface area contributed by atoms with Crippen LogP contribution in [0.1, 0.15) is 56.4 Å². The van der Waals surface area contributed by atoms with Gasteiger partial charge < -0.3 is 0 Å². The zero-order valence-corrected chi connectivity index (χ0v) is 12.5. The van der Waals surface area contributed by atoms with E-state index < -0.39 is 0 Å². The molecule has 0 radical (unpaired) electrons. The van der Waals surface area contributed by atoms with Gasteiger partial charge in [-0.2, -0.15) is 0 Å². The van der Waals surface area contributed by atoms with Crippen molar-refractivity contribution in [2.24, 2.45) is 0 Å². The minimum atomic E-state index is 0.00129. The first-order valence-electron chi connectivity index (χ1n) is 6.24. The Hall–Kier alpha value is 0.0900. The largest absolute Gasteiger partial charge is 0.118 e. The van der Waals surface area contributed by atoms with Crippen LogP contribution in [-0.2, 0) is 0 Å². The number of hydrogen-bond donors (Lipinski definition) is 0. The third kappa shape index (κ3) is 5.50. The second-order valence-corrected chi connectivity index (χ2v) is 5.71.